The van der Waals surface area contributed by atoms with Crippen LogP contribution in [0.15, 0.2) is 18.2 Å². The summed E-state index contributed by atoms with van der Waals surface area (Å²) in [6.45, 7) is 8.64. The SMILES string of the molecule is CCC1CN(c2ccc(N)c(C(=O)NC(C(N)=O)C(C)C)c2)CCCN1. The number of hydrogen-bond acceptors (Lipinski definition) is 5. The van der Waals surface area contributed by atoms with Crippen molar-refractivity contribution in [2.75, 3.05) is 30.3 Å². The van der Waals surface area contributed by atoms with E-state index in [1.54, 1.807) is 12.1 Å². The van der Waals surface area contributed by atoms with Gasteiger partial charge >= 0.3 is 0 Å². The van der Waals surface area contributed by atoms with Crippen LogP contribution in [0.3, 0.4) is 0 Å². The summed E-state index contributed by atoms with van der Waals surface area (Å²) in [6, 6.07) is 5.20. The van der Waals surface area contributed by atoms with Gasteiger partial charge in [0, 0.05) is 30.5 Å². The number of nitrogens with two attached hydrogens (primary N) is 2. The second-order valence-electron chi connectivity index (χ2n) is 7.23. The number of anilines is 2. The van der Waals surface area contributed by atoms with Crippen LogP contribution in [0, 0.1) is 5.92 Å². The first-order valence-corrected chi connectivity index (χ1v) is 9.31. The number of nitrogens with one attached hydrogen (secondary N) is 2. The fraction of sp³-hybridized carbons (Fsp3) is 0.579. The van der Waals surface area contributed by atoms with Gasteiger partial charge in [-0.2, -0.15) is 0 Å². The summed E-state index contributed by atoms with van der Waals surface area (Å²) in [5.74, 6) is -1.02. The summed E-state index contributed by atoms with van der Waals surface area (Å²) in [5.41, 5.74) is 13.1. The zero-order chi connectivity index (χ0) is 19.3. The van der Waals surface area contributed by atoms with Gasteiger partial charge in [0.2, 0.25) is 5.91 Å². The number of nitrogens with zero attached hydrogens (tertiary/aromatic N) is 1. The van der Waals surface area contributed by atoms with Crippen molar-refractivity contribution in [2.24, 2.45) is 11.7 Å². The highest BCUT2D eigenvalue weighted by atomic mass is 16.2. The number of benzene rings is 1. The van der Waals surface area contributed by atoms with E-state index < -0.39 is 11.9 Å². The van der Waals surface area contributed by atoms with Crippen LogP contribution in [-0.4, -0.2) is 43.5 Å². The van der Waals surface area contributed by atoms with E-state index in [1.165, 1.54) is 0 Å². The number of rotatable bonds is 6. The zero-order valence-corrected chi connectivity index (χ0v) is 15.9. The third-order valence-electron chi connectivity index (χ3n) is 4.88. The summed E-state index contributed by atoms with van der Waals surface area (Å²) >= 11 is 0. The average molecular weight is 361 g/mol. The van der Waals surface area contributed by atoms with Crippen molar-refractivity contribution in [2.45, 2.75) is 45.7 Å². The zero-order valence-electron chi connectivity index (χ0n) is 15.9. The molecule has 0 radical (unpaired) electrons. The largest absolute Gasteiger partial charge is 0.398 e. The van der Waals surface area contributed by atoms with Crippen LogP contribution in [0.25, 0.3) is 0 Å². The molecule has 0 aliphatic carbocycles. The van der Waals surface area contributed by atoms with Crippen molar-refractivity contribution < 1.29 is 9.59 Å². The molecule has 2 atom stereocenters. The first kappa shape index (κ1) is 20.0. The van der Waals surface area contributed by atoms with E-state index in [2.05, 4.69) is 22.5 Å². The molecule has 0 aromatic heterocycles. The Hall–Kier alpha value is -2.28. The first-order valence-electron chi connectivity index (χ1n) is 9.31. The van der Waals surface area contributed by atoms with Gasteiger partial charge in [0.1, 0.15) is 6.04 Å². The Kier molecular flexibility index (Phi) is 6.85. The molecule has 1 aromatic rings. The average Bonchev–Trinajstić information content (AvgIpc) is 2.85. The molecule has 1 heterocycles. The monoisotopic (exact) mass is 361 g/mol. The molecular formula is C19H31N5O2. The lowest BCUT2D eigenvalue weighted by Gasteiger charge is -2.27. The third-order valence-corrected chi connectivity index (χ3v) is 4.88. The van der Waals surface area contributed by atoms with Gasteiger partial charge in [0.25, 0.3) is 5.91 Å². The van der Waals surface area contributed by atoms with Gasteiger partial charge < -0.3 is 27.0 Å². The molecule has 1 aliphatic heterocycles. The van der Waals surface area contributed by atoms with E-state index in [0.717, 1.165) is 38.2 Å². The molecule has 1 fully saturated rings. The van der Waals surface area contributed by atoms with Crippen LogP contribution in [0.4, 0.5) is 11.4 Å². The molecule has 7 heteroatoms. The van der Waals surface area contributed by atoms with Gasteiger partial charge in [-0.15, -0.1) is 0 Å². The normalized spacial score (nSPS) is 19.1. The molecule has 144 valence electrons. The van der Waals surface area contributed by atoms with Crippen LogP contribution < -0.4 is 27.0 Å². The van der Waals surface area contributed by atoms with Gasteiger partial charge in [0.15, 0.2) is 0 Å². The van der Waals surface area contributed by atoms with Gasteiger partial charge in [0.05, 0.1) is 5.56 Å². The molecule has 1 aliphatic rings. The van der Waals surface area contributed by atoms with Crippen molar-refractivity contribution in [1.29, 1.82) is 0 Å². The molecule has 6 N–H and O–H groups in total. The smallest absolute Gasteiger partial charge is 0.254 e. The number of carbonyl (C=O) groups is 2. The Balaban J connectivity index is 2.23. The van der Waals surface area contributed by atoms with E-state index >= 15 is 0 Å². The van der Waals surface area contributed by atoms with Crippen molar-refractivity contribution in [1.82, 2.24) is 10.6 Å². The molecular weight excluding hydrogens is 330 g/mol. The molecule has 7 nitrogen and oxygen atoms in total. The summed E-state index contributed by atoms with van der Waals surface area (Å²) in [7, 11) is 0. The van der Waals surface area contributed by atoms with Crippen molar-refractivity contribution in [3.63, 3.8) is 0 Å². The first-order chi connectivity index (χ1) is 12.3. The van der Waals surface area contributed by atoms with Crippen LogP contribution in [0.5, 0.6) is 0 Å². The Bertz CT molecular complexity index is 647. The second kappa shape index (κ2) is 8.89. The van der Waals surface area contributed by atoms with Crippen LogP contribution in [0.1, 0.15) is 44.0 Å². The lowest BCUT2D eigenvalue weighted by molar-refractivity contribution is -0.120. The number of primary amides is 1. The van der Waals surface area contributed by atoms with Crippen LogP contribution in [-0.2, 0) is 4.79 Å². The highest BCUT2D eigenvalue weighted by Gasteiger charge is 2.24. The highest BCUT2D eigenvalue weighted by Crippen LogP contribution is 2.23. The van der Waals surface area contributed by atoms with Crippen molar-refractivity contribution in [3.8, 4) is 0 Å². The minimum Gasteiger partial charge on any atom is -0.398 e. The maximum atomic E-state index is 12.7. The Labute approximate surface area is 155 Å². The lowest BCUT2D eigenvalue weighted by Crippen LogP contribution is -2.47. The van der Waals surface area contributed by atoms with E-state index in [1.807, 2.05) is 19.9 Å². The van der Waals surface area contributed by atoms with E-state index in [-0.39, 0.29) is 11.8 Å². The minimum atomic E-state index is -0.725. The van der Waals surface area contributed by atoms with Crippen molar-refractivity contribution >= 4 is 23.2 Å². The topological polar surface area (TPSA) is 113 Å². The van der Waals surface area contributed by atoms with E-state index in [9.17, 15) is 9.59 Å². The predicted octanol–water partition coefficient (Wildman–Crippen LogP) is 1.09. The number of hydrogen-bond donors (Lipinski definition) is 4. The second-order valence-corrected chi connectivity index (χ2v) is 7.23. The number of nitrogen functional groups attached to an aromatic ring is 1. The fourth-order valence-electron chi connectivity index (χ4n) is 3.23. The predicted molar refractivity (Wildman–Crippen MR) is 105 cm³/mol. The molecule has 0 bridgehead atoms. The summed E-state index contributed by atoms with van der Waals surface area (Å²) < 4.78 is 0. The molecule has 26 heavy (non-hydrogen) atoms. The molecule has 1 saturated heterocycles. The summed E-state index contributed by atoms with van der Waals surface area (Å²) in [6.07, 6.45) is 2.09. The van der Waals surface area contributed by atoms with Crippen LogP contribution in [0.2, 0.25) is 0 Å². The molecule has 0 spiro atoms. The van der Waals surface area contributed by atoms with E-state index in [4.69, 9.17) is 11.5 Å². The van der Waals surface area contributed by atoms with Crippen molar-refractivity contribution in [3.05, 3.63) is 23.8 Å². The van der Waals surface area contributed by atoms with Gasteiger partial charge in [-0.25, -0.2) is 0 Å². The summed E-state index contributed by atoms with van der Waals surface area (Å²) in [4.78, 5) is 26.5. The highest BCUT2D eigenvalue weighted by molar-refractivity contribution is 6.02. The minimum absolute atomic E-state index is 0.0946. The maximum Gasteiger partial charge on any atom is 0.254 e. The maximum absolute atomic E-state index is 12.7. The van der Waals surface area contributed by atoms with Crippen LogP contribution >= 0.6 is 0 Å². The molecule has 2 rings (SSSR count). The quantitative estimate of drug-likeness (QED) is 0.566. The molecule has 2 unspecified atom stereocenters. The molecule has 0 saturated carbocycles. The summed E-state index contributed by atoms with van der Waals surface area (Å²) in [5, 5.41) is 6.24. The number of carbonyl (C=O) groups excluding carboxylic acids is 2. The van der Waals surface area contributed by atoms with Gasteiger partial charge in [-0.3, -0.25) is 9.59 Å². The Morgan fingerprint density at radius 3 is 2.73 bits per heavy atom. The van der Waals surface area contributed by atoms with E-state index in [0.29, 0.717) is 17.3 Å². The fourth-order valence-corrected chi connectivity index (χ4v) is 3.23. The lowest BCUT2D eigenvalue weighted by atomic mass is 10.0. The molecule has 1 aromatic carbocycles. The number of amides is 2. The Morgan fingerprint density at radius 1 is 1.38 bits per heavy atom. The third kappa shape index (κ3) is 4.88. The Morgan fingerprint density at radius 2 is 2.12 bits per heavy atom. The standard InChI is InChI=1S/C19H31N5O2/c1-4-13-11-24(9-5-8-22-13)14-6-7-16(20)15(10-14)19(26)23-17(12(2)3)18(21)25/h6-7,10,12-13,17,22H,4-5,8-9,11,20H2,1-3H3,(H2,21,25)(H,23,26). The van der Waals surface area contributed by atoms with Gasteiger partial charge in [-0.05, 0) is 43.5 Å². The van der Waals surface area contributed by atoms with Gasteiger partial charge in [-0.1, -0.05) is 20.8 Å². The molecule has 2 amide bonds.